The lowest BCUT2D eigenvalue weighted by Crippen LogP contribution is -2.45. The minimum Gasteiger partial charge on any atom is -0.293 e. The molecular weight excluding hydrogens is 581 g/mol. The van der Waals surface area contributed by atoms with Gasteiger partial charge < -0.3 is 0 Å². The molecule has 2 aliphatic heterocycles. The highest BCUT2D eigenvalue weighted by Gasteiger charge is 2.59. The van der Waals surface area contributed by atoms with E-state index in [9.17, 15) is 9.59 Å². The summed E-state index contributed by atoms with van der Waals surface area (Å²) in [6.07, 6.45) is 0. The molecule has 0 bridgehead atoms. The quantitative estimate of drug-likeness (QED) is 0.370. The van der Waals surface area contributed by atoms with Crippen LogP contribution in [-0.2, 0) is 9.59 Å². The van der Waals surface area contributed by atoms with Crippen LogP contribution in [-0.4, -0.2) is 17.9 Å². The number of carbonyl (C=O) groups is 2. The first kappa shape index (κ1) is 21.9. The number of nitrogens with zero attached hydrogens (tertiary/aromatic N) is 2. The summed E-state index contributed by atoms with van der Waals surface area (Å²) >= 11 is 19.1. The molecule has 0 aromatic heterocycles. The molecule has 0 spiro atoms. The summed E-state index contributed by atoms with van der Waals surface area (Å²) < 4.78 is 1.69. The third kappa shape index (κ3) is 3.66. The summed E-state index contributed by atoms with van der Waals surface area (Å²) in [6.45, 7) is 0. The standard InChI is InChI=1S/C23H15Br2Cl2N3O2/c24-13-3-10-18(17(25)11-13)30-21-19(20(28-30)12-1-4-14(26)5-2-12)22(31)29(23(21)32)16-8-6-15(27)7-9-16/h1-11,19-21,28H. The zero-order chi connectivity index (χ0) is 22.6. The Kier molecular flexibility index (Phi) is 5.80. The molecule has 3 aromatic rings. The van der Waals surface area contributed by atoms with Crippen LogP contribution >= 0.6 is 55.1 Å². The molecule has 0 aliphatic carbocycles. The first-order chi connectivity index (χ1) is 15.3. The van der Waals surface area contributed by atoms with Gasteiger partial charge in [-0.3, -0.25) is 14.6 Å². The maximum absolute atomic E-state index is 13.6. The smallest absolute Gasteiger partial charge is 0.258 e. The predicted molar refractivity (Wildman–Crippen MR) is 133 cm³/mol. The van der Waals surface area contributed by atoms with Crippen molar-refractivity contribution in [2.45, 2.75) is 12.1 Å². The number of rotatable bonds is 3. The number of halogens is 4. The van der Waals surface area contributed by atoms with Gasteiger partial charge in [-0.25, -0.2) is 10.3 Å². The van der Waals surface area contributed by atoms with Crippen LogP contribution in [0, 0.1) is 5.92 Å². The van der Waals surface area contributed by atoms with Crippen molar-refractivity contribution in [1.29, 1.82) is 0 Å². The number of hydrazine groups is 1. The molecule has 2 saturated heterocycles. The zero-order valence-corrected chi connectivity index (χ0v) is 21.0. The second kappa shape index (κ2) is 8.47. The van der Waals surface area contributed by atoms with Crippen molar-refractivity contribution in [3.8, 4) is 0 Å². The van der Waals surface area contributed by atoms with Crippen LogP contribution in [0.5, 0.6) is 0 Å². The van der Waals surface area contributed by atoms with E-state index in [0.29, 0.717) is 15.7 Å². The van der Waals surface area contributed by atoms with Gasteiger partial charge in [0.25, 0.3) is 5.91 Å². The number of hydrogen-bond acceptors (Lipinski definition) is 4. The molecule has 2 amide bonds. The van der Waals surface area contributed by atoms with Gasteiger partial charge in [-0.1, -0.05) is 51.3 Å². The van der Waals surface area contributed by atoms with E-state index in [1.165, 1.54) is 4.90 Å². The van der Waals surface area contributed by atoms with E-state index in [1.54, 1.807) is 41.4 Å². The predicted octanol–water partition coefficient (Wildman–Crippen LogP) is 6.14. The zero-order valence-electron chi connectivity index (χ0n) is 16.3. The van der Waals surface area contributed by atoms with Crippen LogP contribution in [0.4, 0.5) is 11.4 Å². The average molecular weight is 596 g/mol. The Bertz CT molecular complexity index is 1220. The van der Waals surface area contributed by atoms with Gasteiger partial charge >= 0.3 is 0 Å². The minimum absolute atomic E-state index is 0.259. The molecule has 3 atom stereocenters. The third-order valence-corrected chi connectivity index (χ3v) is 7.35. The van der Waals surface area contributed by atoms with Crippen LogP contribution in [0.15, 0.2) is 75.7 Å². The number of benzene rings is 3. The number of hydrogen-bond donors (Lipinski definition) is 1. The molecule has 162 valence electrons. The number of amides is 2. The molecule has 2 fully saturated rings. The fraction of sp³-hybridized carbons (Fsp3) is 0.130. The van der Waals surface area contributed by atoms with E-state index in [-0.39, 0.29) is 11.8 Å². The van der Waals surface area contributed by atoms with Crippen LogP contribution < -0.4 is 15.3 Å². The molecule has 3 aromatic carbocycles. The van der Waals surface area contributed by atoms with E-state index in [4.69, 9.17) is 23.2 Å². The molecule has 0 radical (unpaired) electrons. The van der Waals surface area contributed by atoms with Crippen LogP contribution in [0.1, 0.15) is 11.6 Å². The summed E-state index contributed by atoms with van der Waals surface area (Å²) in [4.78, 5) is 28.5. The summed E-state index contributed by atoms with van der Waals surface area (Å²) in [6, 6.07) is 18.6. The molecule has 5 rings (SSSR count). The van der Waals surface area contributed by atoms with Crippen molar-refractivity contribution in [3.05, 3.63) is 91.3 Å². The molecule has 9 heteroatoms. The summed E-state index contributed by atoms with van der Waals surface area (Å²) in [5, 5.41) is 2.93. The Hall–Kier alpha value is -1.90. The molecule has 3 unspecified atom stereocenters. The monoisotopic (exact) mass is 593 g/mol. The third-order valence-electron chi connectivity index (χ3n) is 5.72. The van der Waals surface area contributed by atoms with Gasteiger partial charge in [0, 0.05) is 19.0 Å². The Morgan fingerprint density at radius 1 is 0.812 bits per heavy atom. The molecule has 32 heavy (non-hydrogen) atoms. The van der Waals surface area contributed by atoms with Gasteiger partial charge in [-0.05, 0) is 76.1 Å². The highest BCUT2D eigenvalue weighted by molar-refractivity contribution is 9.11. The minimum atomic E-state index is -0.712. The van der Waals surface area contributed by atoms with Crippen molar-refractivity contribution in [2.75, 3.05) is 9.91 Å². The first-order valence-electron chi connectivity index (χ1n) is 9.74. The van der Waals surface area contributed by atoms with Crippen molar-refractivity contribution < 1.29 is 9.59 Å². The molecule has 2 aliphatic rings. The van der Waals surface area contributed by atoms with Crippen LogP contribution in [0.3, 0.4) is 0 Å². The lowest BCUT2D eigenvalue weighted by molar-refractivity contribution is -0.122. The lowest BCUT2D eigenvalue weighted by atomic mass is 9.91. The van der Waals surface area contributed by atoms with Crippen molar-refractivity contribution in [2.24, 2.45) is 5.92 Å². The van der Waals surface area contributed by atoms with Crippen molar-refractivity contribution >= 4 is 78.3 Å². The molecule has 5 nitrogen and oxygen atoms in total. The van der Waals surface area contributed by atoms with Gasteiger partial charge in [-0.15, -0.1) is 0 Å². The van der Waals surface area contributed by atoms with Gasteiger partial charge in [0.2, 0.25) is 5.91 Å². The summed E-state index contributed by atoms with van der Waals surface area (Å²) in [7, 11) is 0. The maximum Gasteiger partial charge on any atom is 0.258 e. The highest BCUT2D eigenvalue weighted by atomic mass is 79.9. The largest absolute Gasteiger partial charge is 0.293 e. The maximum atomic E-state index is 13.6. The topological polar surface area (TPSA) is 52.7 Å². The Morgan fingerprint density at radius 3 is 2.06 bits per heavy atom. The Labute approximate surface area is 211 Å². The summed E-state index contributed by atoms with van der Waals surface area (Å²) in [5.41, 5.74) is 5.54. The fourth-order valence-electron chi connectivity index (χ4n) is 4.28. The highest BCUT2D eigenvalue weighted by Crippen LogP contribution is 2.45. The summed E-state index contributed by atoms with van der Waals surface area (Å²) in [5.74, 6) is -1.17. The molecule has 0 saturated carbocycles. The van der Waals surface area contributed by atoms with E-state index in [1.807, 2.05) is 30.3 Å². The Morgan fingerprint density at radius 2 is 1.44 bits per heavy atom. The van der Waals surface area contributed by atoms with Crippen molar-refractivity contribution in [3.63, 3.8) is 0 Å². The SMILES string of the molecule is O=C1C2C(c3ccc(Cl)cc3)NN(c3ccc(Br)cc3Br)C2C(=O)N1c1ccc(Cl)cc1. The van der Waals surface area contributed by atoms with E-state index < -0.39 is 18.0 Å². The molecule has 1 N–H and O–H groups in total. The van der Waals surface area contributed by atoms with Crippen LogP contribution in [0.2, 0.25) is 10.0 Å². The molecular formula is C23H15Br2Cl2N3O2. The lowest BCUT2D eigenvalue weighted by Gasteiger charge is -2.27. The molecule has 2 heterocycles. The van der Waals surface area contributed by atoms with Crippen LogP contribution in [0.25, 0.3) is 0 Å². The fourth-order valence-corrected chi connectivity index (χ4v) is 5.77. The van der Waals surface area contributed by atoms with Gasteiger partial charge in [0.1, 0.15) is 6.04 Å². The number of fused-ring (bicyclic) bond motifs is 1. The number of nitrogens with one attached hydrogen (secondary N) is 1. The number of imide groups is 1. The number of anilines is 2. The van der Waals surface area contributed by atoms with Gasteiger partial charge in [0.15, 0.2) is 0 Å². The number of carbonyl (C=O) groups excluding carboxylic acids is 2. The second-order valence-electron chi connectivity index (χ2n) is 7.58. The van der Waals surface area contributed by atoms with Crippen molar-refractivity contribution in [1.82, 2.24) is 5.43 Å². The van der Waals surface area contributed by atoms with E-state index >= 15 is 0 Å². The van der Waals surface area contributed by atoms with Gasteiger partial charge in [0.05, 0.1) is 23.3 Å². The second-order valence-corrected chi connectivity index (χ2v) is 10.2. The normalized spacial score (nSPS) is 22.6. The van der Waals surface area contributed by atoms with Gasteiger partial charge in [-0.2, -0.15) is 0 Å². The Balaban J connectivity index is 1.61. The van der Waals surface area contributed by atoms with E-state index in [2.05, 4.69) is 37.3 Å². The van der Waals surface area contributed by atoms with E-state index in [0.717, 1.165) is 20.2 Å². The first-order valence-corrected chi connectivity index (χ1v) is 12.1. The average Bonchev–Trinajstić information content (AvgIpc) is 3.27.